The molecule has 1 N–H and O–H groups in total. The van der Waals surface area contributed by atoms with Crippen LogP contribution in [0.1, 0.15) is 13.8 Å². The molecule has 0 fully saturated rings. The number of halogens is 2. The van der Waals surface area contributed by atoms with E-state index in [2.05, 4.69) is 5.32 Å². The van der Waals surface area contributed by atoms with E-state index < -0.39 is 10.7 Å². The number of benzene rings is 1. The third kappa shape index (κ3) is 4.61. The van der Waals surface area contributed by atoms with Gasteiger partial charge in [-0.05, 0) is 25.6 Å². The predicted octanol–water partition coefficient (Wildman–Crippen LogP) is 3.39. The summed E-state index contributed by atoms with van der Waals surface area (Å²) in [7, 11) is 3.91. The van der Waals surface area contributed by atoms with E-state index in [1.807, 2.05) is 32.8 Å². The molecule has 0 unspecified atom stereocenters. The molecule has 0 spiro atoms. The third-order valence-corrected chi connectivity index (χ3v) is 3.03. The van der Waals surface area contributed by atoms with Crippen molar-refractivity contribution in [3.8, 4) is 0 Å². The Labute approximate surface area is 122 Å². The van der Waals surface area contributed by atoms with Crippen molar-refractivity contribution in [2.24, 2.45) is 5.41 Å². The lowest BCUT2D eigenvalue weighted by Crippen LogP contribution is -2.34. The Morgan fingerprint density at radius 1 is 1.45 bits per heavy atom. The van der Waals surface area contributed by atoms with Crippen molar-refractivity contribution in [1.29, 1.82) is 0 Å². The Kier molecular flexibility index (Phi) is 5.30. The zero-order valence-corrected chi connectivity index (χ0v) is 12.8. The molecule has 1 rings (SSSR count). The van der Waals surface area contributed by atoms with Crippen molar-refractivity contribution in [2.45, 2.75) is 13.8 Å². The Morgan fingerprint density at radius 3 is 2.55 bits per heavy atom. The average molecular weight is 304 g/mol. The fourth-order valence-electron chi connectivity index (χ4n) is 2.08. The van der Waals surface area contributed by atoms with Gasteiger partial charge in [0.1, 0.15) is 11.5 Å². The summed E-state index contributed by atoms with van der Waals surface area (Å²) in [5.74, 6) is -0.795. The van der Waals surface area contributed by atoms with E-state index in [9.17, 15) is 14.5 Å². The molecule has 0 aliphatic carbocycles. The third-order valence-electron chi connectivity index (χ3n) is 2.74. The molecule has 0 aliphatic heterocycles. The number of hydrogen-bond donors (Lipinski definition) is 1. The molecule has 0 saturated carbocycles. The number of rotatable bonds is 6. The standard InChI is InChI=1S/C13H19ClFN3O2/c1-13(2,8-17(3)4)7-16-11-5-9(14)10(15)6-12(11)18(19)20/h5-6,16H,7-8H2,1-4H3. The van der Waals surface area contributed by atoms with E-state index in [-0.39, 0.29) is 21.8 Å². The molecule has 20 heavy (non-hydrogen) atoms. The molecule has 1 aromatic rings. The Hall–Kier alpha value is -1.40. The van der Waals surface area contributed by atoms with E-state index in [4.69, 9.17) is 11.6 Å². The van der Waals surface area contributed by atoms with Crippen LogP contribution < -0.4 is 5.32 Å². The minimum absolute atomic E-state index is 0.0990. The van der Waals surface area contributed by atoms with Crippen LogP contribution in [0.15, 0.2) is 12.1 Å². The first-order valence-corrected chi connectivity index (χ1v) is 6.52. The normalized spacial score (nSPS) is 11.8. The number of nitrogens with one attached hydrogen (secondary N) is 1. The van der Waals surface area contributed by atoms with Crippen LogP contribution in [0.2, 0.25) is 5.02 Å². The summed E-state index contributed by atoms with van der Waals surface area (Å²) in [6.07, 6.45) is 0. The zero-order valence-electron chi connectivity index (χ0n) is 12.0. The lowest BCUT2D eigenvalue weighted by atomic mass is 9.93. The van der Waals surface area contributed by atoms with Crippen LogP contribution in [-0.4, -0.2) is 37.0 Å². The van der Waals surface area contributed by atoms with Gasteiger partial charge in [-0.15, -0.1) is 0 Å². The number of nitro groups is 1. The summed E-state index contributed by atoms with van der Waals surface area (Å²) in [6, 6.07) is 2.09. The Bertz CT molecular complexity index is 507. The summed E-state index contributed by atoms with van der Waals surface area (Å²) in [5.41, 5.74) is -0.182. The maximum atomic E-state index is 13.3. The Balaban J connectivity index is 2.92. The maximum absolute atomic E-state index is 13.3. The SMILES string of the molecule is CN(C)CC(C)(C)CNc1cc(Cl)c(F)cc1[N+](=O)[O-]. The molecule has 0 heterocycles. The average Bonchev–Trinajstić information content (AvgIpc) is 2.28. The van der Waals surface area contributed by atoms with E-state index in [1.54, 1.807) is 0 Å². The van der Waals surface area contributed by atoms with Gasteiger partial charge in [0.05, 0.1) is 16.0 Å². The van der Waals surface area contributed by atoms with Gasteiger partial charge in [-0.25, -0.2) is 4.39 Å². The number of nitrogens with zero attached hydrogens (tertiary/aromatic N) is 2. The van der Waals surface area contributed by atoms with E-state index in [0.29, 0.717) is 6.54 Å². The van der Waals surface area contributed by atoms with Gasteiger partial charge < -0.3 is 10.2 Å². The second-order valence-electron chi connectivity index (χ2n) is 5.80. The molecule has 5 nitrogen and oxygen atoms in total. The van der Waals surface area contributed by atoms with Crippen LogP contribution in [0.25, 0.3) is 0 Å². The molecule has 0 amide bonds. The first-order chi connectivity index (χ1) is 9.12. The van der Waals surface area contributed by atoms with Gasteiger partial charge in [0.15, 0.2) is 0 Å². The van der Waals surface area contributed by atoms with Crippen LogP contribution in [0.3, 0.4) is 0 Å². The van der Waals surface area contributed by atoms with E-state index in [1.165, 1.54) is 6.07 Å². The van der Waals surface area contributed by atoms with Gasteiger partial charge in [-0.2, -0.15) is 0 Å². The quantitative estimate of drug-likeness (QED) is 0.646. The molecule has 0 aliphatic rings. The highest BCUT2D eigenvalue weighted by atomic mass is 35.5. The minimum atomic E-state index is -0.795. The maximum Gasteiger partial charge on any atom is 0.295 e. The van der Waals surface area contributed by atoms with Crippen LogP contribution >= 0.6 is 11.6 Å². The predicted molar refractivity (Wildman–Crippen MR) is 78.9 cm³/mol. The summed E-state index contributed by atoms with van der Waals surface area (Å²) in [6.45, 7) is 5.39. The van der Waals surface area contributed by atoms with Crippen molar-refractivity contribution in [1.82, 2.24) is 4.90 Å². The van der Waals surface area contributed by atoms with Crippen LogP contribution in [-0.2, 0) is 0 Å². The highest BCUT2D eigenvalue weighted by Gasteiger charge is 2.22. The summed E-state index contributed by atoms with van der Waals surface area (Å²) in [4.78, 5) is 12.3. The van der Waals surface area contributed by atoms with Gasteiger partial charge in [0.2, 0.25) is 0 Å². The number of nitro benzene ring substituents is 1. The van der Waals surface area contributed by atoms with Gasteiger partial charge in [-0.3, -0.25) is 10.1 Å². The highest BCUT2D eigenvalue weighted by Crippen LogP contribution is 2.31. The monoisotopic (exact) mass is 303 g/mol. The fraction of sp³-hybridized carbons (Fsp3) is 0.538. The fourth-order valence-corrected chi connectivity index (χ4v) is 2.24. The molecule has 0 atom stereocenters. The molecule has 0 bridgehead atoms. The van der Waals surface area contributed by atoms with Crippen molar-refractivity contribution >= 4 is 23.0 Å². The molecular weight excluding hydrogens is 285 g/mol. The topological polar surface area (TPSA) is 58.4 Å². The molecule has 0 saturated heterocycles. The van der Waals surface area contributed by atoms with Crippen molar-refractivity contribution in [3.05, 3.63) is 33.1 Å². The smallest absolute Gasteiger partial charge is 0.295 e. The molecule has 7 heteroatoms. The second kappa shape index (κ2) is 6.37. The van der Waals surface area contributed by atoms with Crippen LogP contribution in [0, 0.1) is 21.3 Å². The molecular formula is C13H19ClFN3O2. The molecule has 1 aromatic carbocycles. The first kappa shape index (κ1) is 16.7. The van der Waals surface area contributed by atoms with Crippen molar-refractivity contribution in [3.63, 3.8) is 0 Å². The van der Waals surface area contributed by atoms with Crippen LogP contribution in [0.5, 0.6) is 0 Å². The van der Waals surface area contributed by atoms with Gasteiger partial charge in [0, 0.05) is 13.1 Å². The second-order valence-corrected chi connectivity index (χ2v) is 6.20. The lowest BCUT2D eigenvalue weighted by molar-refractivity contribution is -0.384. The van der Waals surface area contributed by atoms with Gasteiger partial charge in [-0.1, -0.05) is 25.4 Å². The molecule has 0 aromatic heterocycles. The largest absolute Gasteiger partial charge is 0.379 e. The minimum Gasteiger partial charge on any atom is -0.379 e. The number of anilines is 1. The van der Waals surface area contributed by atoms with Gasteiger partial charge >= 0.3 is 0 Å². The number of hydrogen-bond acceptors (Lipinski definition) is 4. The first-order valence-electron chi connectivity index (χ1n) is 6.14. The van der Waals surface area contributed by atoms with Crippen LogP contribution in [0.4, 0.5) is 15.8 Å². The highest BCUT2D eigenvalue weighted by molar-refractivity contribution is 6.31. The summed E-state index contributed by atoms with van der Waals surface area (Å²) in [5, 5.41) is 13.8. The van der Waals surface area contributed by atoms with E-state index in [0.717, 1.165) is 12.6 Å². The van der Waals surface area contributed by atoms with E-state index >= 15 is 0 Å². The summed E-state index contributed by atoms with van der Waals surface area (Å²) >= 11 is 5.68. The van der Waals surface area contributed by atoms with Crippen molar-refractivity contribution in [2.75, 3.05) is 32.5 Å². The van der Waals surface area contributed by atoms with Gasteiger partial charge in [0.25, 0.3) is 5.69 Å². The Morgan fingerprint density at radius 2 is 2.05 bits per heavy atom. The zero-order chi connectivity index (χ0) is 15.5. The molecule has 112 valence electrons. The molecule has 0 radical (unpaired) electrons. The summed E-state index contributed by atoms with van der Waals surface area (Å²) < 4.78 is 13.3. The lowest BCUT2D eigenvalue weighted by Gasteiger charge is -2.28. The van der Waals surface area contributed by atoms with Crippen molar-refractivity contribution < 1.29 is 9.31 Å².